The van der Waals surface area contributed by atoms with Gasteiger partial charge in [0.15, 0.2) is 0 Å². The Bertz CT molecular complexity index is 374. The van der Waals surface area contributed by atoms with E-state index in [1.807, 2.05) is 20.8 Å². The molecule has 0 aromatic heterocycles. The Morgan fingerprint density at radius 3 is 2.33 bits per heavy atom. The van der Waals surface area contributed by atoms with Gasteiger partial charge < -0.3 is 9.64 Å². The molecule has 1 rings (SSSR count). The van der Waals surface area contributed by atoms with Gasteiger partial charge in [0.05, 0.1) is 0 Å². The van der Waals surface area contributed by atoms with Crippen molar-refractivity contribution in [1.82, 2.24) is 4.90 Å². The van der Waals surface area contributed by atoms with Gasteiger partial charge in [0.25, 0.3) is 0 Å². The van der Waals surface area contributed by atoms with Crippen LogP contribution in [-0.2, 0) is 9.53 Å². The maximum Gasteiger partial charge on any atom is 0.410 e. The Labute approximate surface area is 106 Å². The molecule has 1 fully saturated rings. The van der Waals surface area contributed by atoms with Gasteiger partial charge in [-0.2, -0.15) is 0 Å². The molecule has 0 aliphatic carbocycles. The van der Waals surface area contributed by atoms with Crippen LogP contribution < -0.4 is 0 Å². The van der Waals surface area contributed by atoms with E-state index in [-0.39, 0.29) is 12.0 Å². The maximum absolute atomic E-state index is 11.8. The van der Waals surface area contributed by atoms with Crippen molar-refractivity contribution in [2.45, 2.75) is 39.2 Å². The number of carbonyl (C=O) groups is 2. The van der Waals surface area contributed by atoms with E-state index in [0.717, 1.165) is 0 Å². The summed E-state index contributed by atoms with van der Waals surface area (Å²) in [7, 11) is 0. The van der Waals surface area contributed by atoms with E-state index < -0.39 is 11.5 Å². The molecule has 1 aliphatic heterocycles. The van der Waals surface area contributed by atoms with Crippen molar-refractivity contribution < 1.29 is 14.3 Å². The van der Waals surface area contributed by atoms with Crippen LogP contribution in [0.1, 0.15) is 33.6 Å². The average molecular weight is 254 g/mol. The van der Waals surface area contributed by atoms with Crippen molar-refractivity contribution in [2.24, 2.45) is 11.0 Å². The highest BCUT2D eigenvalue weighted by atomic mass is 16.6. The summed E-state index contributed by atoms with van der Waals surface area (Å²) in [5.41, 5.74) is 7.67. The Morgan fingerprint density at radius 2 is 1.89 bits per heavy atom. The topological polar surface area (TPSA) is 95.4 Å². The van der Waals surface area contributed by atoms with Crippen LogP contribution in [-0.4, -0.2) is 35.6 Å². The van der Waals surface area contributed by atoms with Gasteiger partial charge in [0, 0.05) is 23.9 Å². The number of rotatable bonds is 1. The molecule has 2 amide bonds. The van der Waals surface area contributed by atoms with Gasteiger partial charge in [-0.1, -0.05) is 0 Å². The zero-order valence-corrected chi connectivity index (χ0v) is 10.9. The summed E-state index contributed by atoms with van der Waals surface area (Å²) in [4.78, 5) is 27.2. The lowest BCUT2D eigenvalue weighted by atomic mass is 9.96. The van der Waals surface area contributed by atoms with Crippen LogP contribution in [0.3, 0.4) is 0 Å². The van der Waals surface area contributed by atoms with Crippen LogP contribution in [0.2, 0.25) is 0 Å². The Balaban J connectivity index is 2.46. The van der Waals surface area contributed by atoms with Crippen molar-refractivity contribution >= 4 is 12.0 Å². The second-order valence-electron chi connectivity index (χ2n) is 5.27. The predicted molar refractivity (Wildman–Crippen MR) is 64.7 cm³/mol. The first kappa shape index (κ1) is 14.3. The first-order valence-electron chi connectivity index (χ1n) is 5.90. The van der Waals surface area contributed by atoms with Crippen molar-refractivity contribution in [3.8, 4) is 0 Å². The molecule has 7 heteroatoms. The zero-order chi connectivity index (χ0) is 13.8. The third-order valence-corrected chi connectivity index (χ3v) is 2.64. The van der Waals surface area contributed by atoms with Crippen LogP contribution in [0.4, 0.5) is 4.79 Å². The number of nitrogens with zero attached hydrogens (tertiary/aromatic N) is 4. The molecule has 0 bridgehead atoms. The van der Waals surface area contributed by atoms with Gasteiger partial charge in [-0.05, 0) is 44.3 Å². The zero-order valence-electron chi connectivity index (χ0n) is 10.9. The molecular formula is C11H18N4O3. The fourth-order valence-corrected chi connectivity index (χ4v) is 1.76. The third-order valence-electron chi connectivity index (χ3n) is 2.64. The lowest BCUT2D eigenvalue weighted by molar-refractivity contribution is -0.123. The second-order valence-corrected chi connectivity index (χ2v) is 5.27. The summed E-state index contributed by atoms with van der Waals surface area (Å²) in [6.07, 6.45) is 0.658. The molecule has 1 aliphatic rings. The minimum atomic E-state index is -0.519. The molecule has 0 N–H and O–H groups in total. The molecule has 0 spiro atoms. The average Bonchev–Trinajstić information content (AvgIpc) is 2.27. The Morgan fingerprint density at radius 1 is 1.33 bits per heavy atom. The monoisotopic (exact) mass is 254 g/mol. The largest absolute Gasteiger partial charge is 0.444 e. The maximum atomic E-state index is 11.8. The van der Waals surface area contributed by atoms with E-state index in [9.17, 15) is 9.59 Å². The minimum Gasteiger partial charge on any atom is -0.444 e. The molecular weight excluding hydrogens is 236 g/mol. The van der Waals surface area contributed by atoms with E-state index in [1.54, 1.807) is 4.90 Å². The molecule has 1 saturated heterocycles. The molecule has 7 nitrogen and oxygen atoms in total. The molecule has 0 unspecified atom stereocenters. The van der Waals surface area contributed by atoms with E-state index >= 15 is 0 Å². The highest BCUT2D eigenvalue weighted by molar-refractivity contribution is 5.79. The SMILES string of the molecule is CC(C)(C)OC(=O)N1CCC(C(=O)N=[N+]=[N-])CC1. The number of hydrogen-bond donors (Lipinski definition) is 0. The van der Waals surface area contributed by atoms with Gasteiger partial charge in [-0.15, -0.1) is 0 Å². The van der Waals surface area contributed by atoms with Crippen LogP contribution in [0.25, 0.3) is 10.4 Å². The molecule has 0 aromatic rings. The van der Waals surface area contributed by atoms with Gasteiger partial charge in [0.1, 0.15) is 5.60 Å². The highest BCUT2D eigenvalue weighted by Gasteiger charge is 2.29. The fraction of sp³-hybridized carbons (Fsp3) is 0.818. The molecule has 0 radical (unpaired) electrons. The number of likely N-dealkylation sites (tertiary alicyclic amines) is 1. The minimum absolute atomic E-state index is 0.278. The van der Waals surface area contributed by atoms with Crippen LogP contribution in [0.5, 0.6) is 0 Å². The van der Waals surface area contributed by atoms with Gasteiger partial charge in [0.2, 0.25) is 5.91 Å². The van der Waals surface area contributed by atoms with Crippen LogP contribution in [0, 0.1) is 5.92 Å². The number of azide groups is 1. The molecule has 18 heavy (non-hydrogen) atoms. The van der Waals surface area contributed by atoms with E-state index in [0.29, 0.717) is 25.9 Å². The first-order valence-corrected chi connectivity index (χ1v) is 5.90. The summed E-state index contributed by atoms with van der Waals surface area (Å²) in [5, 5.41) is 3.08. The van der Waals surface area contributed by atoms with Crippen molar-refractivity contribution in [3.63, 3.8) is 0 Å². The van der Waals surface area contributed by atoms with E-state index in [2.05, 4.69) is 10.0 Å². The normalized spacial score (nSPS) is 16.9. The fourth-order valence-electron chi connectivity index (χ4n) is 1.76. The predicted octanol–water partition coefficient (Wildman–Crippen LogP) is 2.47. The van der Waals surface area contributed by atoms with Crippen LogP contribution in [0.15, 0.2) is 5.11 Å². The molecule has 1 heterocycles. The standard InChI is InChI=1S/C11H18N4O3/c1-11(2,3)18-10(17)15-6-4-8(5-7-15)9(16)13-14-12/h8H,4-7H2,1-3H3. The van der Waals surface area contributed by atoms with Gasteiger partial charge in [-0.25, -0.2) is 4.79 Å². The first-order chi connectivity index (χ1) is 8.33. The van der Waals surface area contributed by atoms with Gasteiger partial charge in [-0.3, -0.25) is 4.79 Å². The van der Waals surface area contributed by atoms with Crippen molar-refractivity contribution in [1.29, 1.82) is 0 Å². The molecule has 0 aromatic carbocycles. The summed E-state index contributed by atoms with van der Waals surface area (Å²) < 4.78 is 5.24. The lowest BCUT2D eigenvalue weighted by Crippen LogP contribution is -2.42. The number of amides is 2. The Hall–Kier alpha value is -1.75. The van der Waals surface area contributed by atoms with E-state index in [1.165, 1.54) is 0 Å². The quantitative estimate of drug-likeness (QED) is 0.408. The number of carbonyl (C=O) groups excluding carboxylic acids is 2. The summed E-state index contributed by atoms with van der Waals surface area (Å²) in [6, 6.07) is 0. The number of hydrogen-bond acceptors (Lipinski definition) is 3. The molecule has 0 atom stereocenters. The Kier molecular flexibility index (Phi) is 4.55. The second kappa shape index (κ2) is 5.73. The smallest absolute Gasteiger partial charge is 0.410 e. The number of piperidine rings is 1. The van der Waals surface area contributed by atoms with E-state index in [4.69, 9.17) is 10.3 Å². The summed E-state index contributed by atoms with van der Waals surface area (Å²) in [6.45, 7) is 6.33. The molecule has 100 valence electrons. The third kappa shape index (κ3) is 4.25. The summed E-state index contributed by atoms with van der Waals surface area (Å²) >= 11 is 0. The van der Waals surface area contributed by atoms with Crippen molar-refractivity contribution in [2.75, 3.05) is 13.1 Å². The lowest BCUT2D eigenvalue weighted by Gasteiger charge is -2.32. The van der Waals surface area contributed by atoms with Crippen molar-refractivity contribution in [3.05, 3.63) is 10.4 Å². The van der Waals surface area contributed by atoms with Gasteiger partial charge >= 0.3 is 6.09 Å². The number of ether oxygens (including phenoxy) is 1. The highest BCUT2D eigenvalue weighted by Crippen LogP contribution is 2.20. The summed E-state index contributed by atoms with van der Waals surface area (Å²) in [5.74, 6) is -0.721. The van der Waals surface area contributed by atoms with Crippen LogP contribution >= 0.6 is 0 Å². The molecule has 0 saturated carbocycles.